The van der Waals surface area contributed by atoms with Crippen LogP contribution >= 0.6 is 11.8 Å². The molecule has 28 heavy (non-hydrogen) atoms. The molecular formula is C20H22N2O5S. The van der Waals surface area contributed by atoms with Gasteiger partial charge in [-0.2, -0.15) is 0 Å². The normalized spacial score (nSPS) is 19.9. The number of anilines is 1. The molecule has 0 radical (unpaired) electrons. The summed E-state index contributed by atoms with van der Waals surface area (Å²) in [4.78, 5) is 40.4. The van der Waals surface area contributed by atoms with Crippen molar-refractivity contribution < 1.29 is 23.5 Å². The number of carbonyl (C=O) groups is 3. The van der Waals surface area contributed by atoms with E-state index in [1.807, 2.05) is 18.2 Å². The fourth-order valence-electron chi connectivity index (χ4n) is 3.08. The van der Waals surface area contributed by atoms with Crippen LogP contribution in [0.5, 0.6) is 0 Å². The summed E-state index contributed by atoms with van der Waals surface area (Å²) < 4.78 is 10.8. The third-order valence-electron chi connectivity index (χ3n) is 4.54. The molecular weight excluding hydrogens is 380 g/mol. The van der Waals surface area contributed by atoms with Crippen LogP contribution in [0.2, 0.25) is 0 Å². The number of carbonyl (C=O) groups excluding carboxylic acids is 3. The number of benzene rings is 1. The first-order chi connectivity index (χ1) is 13.4. The fourth-order valence-corrected chi connectivity index (χ4v) is 4.49. The molecule has 148 valence electrons. The van der Waals surface area contributed by atoms with Gasteiger partial charge >= 0.3 is 5.97 Å². The molecule has 0 aliphatic carbocycles. The van der Waals surface area contributed by atoms with E-state index >= 15 is 0 Å². The number of nitrogens with zero attached hydrogens (tertiary/aromatic N) is 2. The van der Waals surface area contributed by atoms with Crippen LogP contribution in [-0.4, -0.2) is 47.6 Å². The fraction of sp³-hybridized carbons (Fsp3) is 0.350. The van der Waals surface area contributed by atoms with Crippen LogP contribution in [0.25, 0.3) is 0 Å². The number of likely N-dealkylation sites (N-methyl/N-ethyl adjacent to an activating group) is 1. The van der Waals surface area contributed by atoms with Crippen LogP contribution in [0.1, 0.15) is 25.0 Å². The SMILES string of the molecule is CC(=O)N1[C@@H](C(=O)O[C@@H](C)C(=O)N(C)c2ccccc2)CS[C@@H]1c1ccco1. The van der Waals surface area contributed by atoms with E-state index in [1.165, 1.54) is 41.7 Å². The second-order valence-corrected chi connectivity index (χ2v) is 7.57. The minimum atomic E-state index is -0.973. The molecule has 0 spiro atoms. The van der Waals surface area contributed by atoms with Crippen LogP contribution in [-0.2, 0) is 19.1 Å². The average molecular weight is 402 g/mol. The standard InChI is InChI=1S/C20H22N2O5S/c1-13(18(24)21(3)15-8-5-4-6-9-15)27-20(25)16-12-28-19(22(16)14(2)23)17-10-7-11-26-17/h4-11,13,16,19H,12H2,1-3H3/t13-,16+,19+/m0/s1. The summed E-state index contributed by atoms with van der Waals surface area (Å²) >= 11 is 1.43. The summed E-state index contributed by atoms with van der Waals surface area (Å²) in [6, 6.07) is 11.8. The first-order valence-corrected chi connectivity index (χ1v) is 9.92. The number of ether oxygens (including phenoxy) is 1. The highest BCUT2D eigenvalue weighted by molar-refractivity contribution is 7.99. The monoisotopic (exact) mass is 402 g/mol. The van der Waals surface area contributed by atoms with E-state index in [2.05, 4.69) is 0 Å². The van der Waals surface area contributed by atoms with Gasteiger partial charge in [0.1, 0.15) is 17.2 Å². The lowest BCUT2D eigenvalue weighted by atomic mass is 10.2. The quantitative estimate of drug-likeness (QED) is 0.716. The lowest BCUT2D eigenvalue weighted by Crippen LogP contribution is -2.45. The van der Waals surface area contributed by atoms with Crippen molar-refractivity contribution in [3.8, 4) is 0 Å². The second-order valence-electron chi connectivity index (χ2n) is 6.46. The third-order valence-corrected chi connectivity index (χ3v) is 5.82. The largest absolute Gasteiger partial charge is 0.466 e. The first-order valence-electron chi connectivity index (χ1n) is 8.87. The highest BCUT2D eigenvalue weighted by Crippen LogP contribution is 2.41. The van der Waals surface area contributed by atoms with Gasteiger partial charge in [0.05, 0.1) is 6.26 Å². The van der Waals surface area contributed by atoms with Crippen molar-refractivity contribution in [2.45, 2.75) is 31.4 Å². The van der Waals surface area contributed by atoms with Gasteiger partial charge in [-0.05, 0) is 31.2 Å². The smallest absolute Gasteiger partial charge is 0.330 e. The lowest BCUT2D eigenvalue weighted by molar-refractivity contribution is -0.160. The zero-order valence-electron chi connectivity index (χ0n) is 15.9. The van der Waals surface area contributed by atoms with Crippen molar-refractivity contribution in [2.75, 3.05) is 17.7 Å². The minimum absolute atomic E-state index is 0.256. The highest BCUT2D eigenvalue weighted by atomic mass is 32.2. The summed E-state index contributed by atoms with van der Waals surface area (Å²) in [5.74, 6) is -0.224. The van der Waals surface area contributed by atoms with Gasteiger partial charge in [0.15, 0.2) is 6.10 Å². The van der Waals surface area contributed by atoms with Gasteiger partial charge in [-0.1, -0.05) is 18.2 Å². The molecule has 2 amide bonds. The Labute approximate surface area is 167 Å². The topological polar surface area (TPSA) is 80.1 Å². The van der Waals surface area contributed by atoms with E-state index in [1.54, 1.807) is 31.3 Å². The zero-order valence-corrected chi connectivity index (χ0v) is 16.7. The maximum absolute atomic E-state index is 12.7. The van der Waals surface area contributed by atoms with Gasteiger partial charge in [0, 0.05) is 25.4 Å². The van der Waals surface area contributed by atoms with Crippen molar-refractivity contribution in [3.63, 3.8) is 0 Å². The van der Waals surface area contributed by atoms with Crippen LogP contribution in [0.4, 0.5) is 5.69 Å². The molecule has 1 saturated heterocycles. The van der Waals surface area contributed by atoms with E-state index in [9.17, 15) is 14.4 Å². The van der Waals surface area contributed by atoms with Gasteiger partial charge in [0.25, 0.3) is 5.91 Å². The van der Waals surface area contributed by atoms with Gasteiger partial charge in [-0.25, -0.2) is 4.79 Å². The van der Waals surface area contributed by atoms with Gasteiger partial charge in [-0.15, -0.1) is 11.8 Å². The molecule has 7 nitrogen and oxygen atoms in total. The number of hydrogen-bond donors (Lipinski definition) is 0. The minimum Gasteiger partial charge on any atom is -0.466 e. The summed E-state index contributed by atoms with van der Waals surface area (Å²) in [5, 5.41) is -0.386. The second kappa shape index (κ2) is 8.52. The Bertz CT molecular complexity index is 840. The Kier molecular flexibility index (Phi) is 6.08. The van der Waals surface area contributed by atoms with Crippen molar-refractivity contribution in [1.29, 1.82) is 0 Å². The molecule has 1 aromatic heterocycles. The summed E-state index contributed by atoms with van der Waals surface area (Å²) in [7, 11) is 1.63. The number of hydrogen-bond acceptors (Lipinski definition) is 6. The molecule has 0 unspecified atom stereocenters. The van der Waals surface area contributed by atoms with E-state index < -0.39 is 18.1 Å². The maximum atomic E-state index is 12.7. The lowest BCUT2D eigenvalue weighted by Gasteiger charge is -2.27. The molecule has 1 aliphatic rings. The molecule has 1 aliphatic heterocycles. The Morgan fingerprint density at radius 2 is 1.93 bits per heavy atom. The molecule has 3 rings (SSSR count). The molecule has 0 N–H and O–H groups in total. The first kappa shape index (κ1) is 20.0. The predicted molar refractivity (Wildman–Crippen MR) is 106 cm³/mol. The van der Waals surface area contributed by atoms with Crippen molar-refractivity contribution in [2.24, 2.45) is 0 Å². The Morgan fingerprint density at radius 1 is 1.21 bits per heavy atom. The average Bonchev–Trinajstić information content (AvgIpc) is 3.36. The van der Waals surface area contributed by atoms with E-state index in [0.29, 0.717) is 17.2 Å². The maximum Gasteiger partial charge on any atom is 0.330 e. The molecule has 3 atom stereocenters. The van der Waals surface area contributed by atoms with Crippen LogP contribution in [0, 0.1) is 0 Å². The zero-order chi connectivity index (χ0) is 20.3. The number of rotatable bonds is 5. The van der Waals surface area contributed by atoms with Crippen LogP contribution in [0.15, 0.2) is 53.1 Å². The third kappa shape index (κ3) is 4.06. The van der Waals surface area contributed by atoms with Crippen LogP contribution < -0.4 is 4.90 Å². The van der Waals surface area contributed by atoms with E-state index in [4.69, 9.17) is 9.15 Å². The predicted octanol–water partition coefficient (Wildman–Crippen LogP) is 2.84. The number of para-hydroxylation sites is 1. The van der Waals surface area contributed by atoms with Crippen LogP contribution in [0.3, 0.4) is 0 Å². The van der Waals surface area contributed by atoms with Gasteiger partial charge in [0.2, 0.25) is 5.91 Å². The van der Waals surface area contributed by atoms with E-state index in [0.717, 1.165) is 0 Å². The Balaban J connectivity index is 1.68. The van der Waals surface area contributed by atoms with Gasteiger partial charge < -0.3 is 19.0 Å². The summed E-state index contributed by atoms with van der Waals surface area (Å²) in [5.41, 5.74) is 0.704. The molecule has 0 bridgehead atoms. The summed E-state index contributed by atoms with van der Waals surface area (Å²) in [6.45, 7) is 2.93. The molecule has 1 aromatic carbocycles. The highest BCUT2D eigenvalue weighted by Gasteiger charge is 2.43. The Morgan fingerprint density at radius 3 is 2.54 bits per heavy atom. The molecule has 8 heteroatoms. The number of esters is 1. The van der Waals surface area contributed by atoms with Crippen molar-refractivity contribution in [3.05, 3.63) is 54.5 Å². The number of amides is 2. The molecule has 0 saturated carbocycles. The van der Waals surface area contributed by atoms with Crippen molar-refractivity contribution >= 4 is 35.2 Å². The number of thioether (sulfide) groups is 1. The van der Waals surface area contributed by atoms with Gasteiger partial charge in [-0.3, -0.25) is 9.59 Å². The Hall–Kier alpha value is -2.74. The molecule has 2 heterocycles. The number of furan rings is 1. The van der Waals surface area contributed by atoms with E-state index in [-0.39, 0.29) is 17.2 Å². The molecule has 2 aromatic rings. The summed E-state index contributed by atoms with van der Waals surface area (Å²) in [6.07, 6.45) is 0.555. The molecule has 1 fully saturated rings. The van der Waals surface area contributed by atoms with Crippen molar-refractivity contribution in [1.82, 2.24) is 4.90 Å².